The number of methoxy groups -OCH3 is 2. The summed E-state index contributed by atoms with van der Waals surface area (Å²) >= 11 is 0. The fourth-order valence-corrected chi connectivity index (χ4v) is 2.39. The molecule has 0 saturated carbocycles. The van der Waals surface area contributed by atoms with Crippen molar-refractivity contribution in [2.75, 3.05) is 72.3 Å². The molecule has 2 N–H and O–H groups in total. The number of anilines is 1. The van der Waals surface area contributed by atoms with Gasteiger partial charge in [0.15, 0.2) is 17.5 Å². The van der Waals surface area contributed by atoms with Crippen molar-refractivity contribution in [3.05, 3.63) is 18.2 Å². The minimum Gasteiger partial charge on any atom is -0.490 e. The smallest absolute Gasteiger partial charge is 0.195 e. The van der Waals surface area contributed by atoms with E-state index in [1.807, 2.05) is 18.2 Å². The number of rotatable bonds is 11. The summed E-state index contributed by atoms with van der Waals surface area (Å²) in [7, 11) is 3.34. The molecule has 0 amide bonds. The van der Waals surface area contributed by atoms with Gasteiger partial charge < -0.3 is 34.3 Å². The van der Waals surface area contributed by atoms with Crippen LogP contribution in [0.15, 0.2) is 23.2 Å². The molecule has 0 fully saturated rings. The molecule has 0 bridgehead atoms. The van der Waals surface area contributed by atoms with Gasteiger partial charge in [-0.25, -0.2) is 0 Å². The largest absolute Gasteiger partial charge is 0.490 e. The second-order valence-corrected chi connectivity index (χ2v) is 5.95. The van der Waals surface area contributed by atoms with E-state index >= 15 is 0 Å². The SMILES string of the molecule is COCCNC(=NCCCOCCOC)Nc1ccc2c(c1)OCCCO2. The van der Waals surface area contributed by atoms with Crippen LogP contribution in [0.1, 0.15) is 12.8 Å². The quantitative estimate of drug-likeness (QED) is 0.344. The Morgan fingerprint density at radius 1 is 1.04 bits per heavy atom. The molecule has 1 aromatic carbocycles. The summed E-state index contributed by atoms with van der Waals surface area (Å²) in [5.41, 5.74) is 0.888. The van der Waals surface area contributed by atoms with Gasteiger partial charge in [-0.3, -0.25) is 4.99 Å². The molecule has 8 nitrogen and oxygen atoms in total. The van der Waals surface area contributed by atoms with E-state index in [9.17, 15) is 0 Å². The fraction of sp³-hybridized carbons (Fsp3) is 0.632. The molecular weight excluding hydrogens is 350 g/mol. The van der Waals surface area contributed by atoms with E-state index in [1.165, 1.54) is 0 Å². The van der Waals surface area contributed by atoms with Crippen molar-refractivity contribution < 1.29 is 23.7 Å². The van der Waals surface area contributed by atoms with Crippen LogP contribution in [0.4, 0.5) is 5.69 Å². The molecule has 27 heavy (non-hydrogen) atoms. The molecule has 0 atom stereocenters. The minimum absolute atomic E-state index is 0.599. The van der Waals surface area contributed by atoms with Crippen LogP contribution in [0.25, 0.3) is 0 Å². The highest BCUT2D eigenvalue weighted by Crippen LogP contribution is 2.32. The fourth-order valence-electron chi connectivity index (χ4n) is 2.39. The highest BCUT2D eigenvalue weighted by molar-refractivity contribution is 5.93. The van der Waals surface area contributed by atoms with E-state index in [0.717, 1.165) is 30.0 Å². The van der Waals surface area contributed by atoms with Gasteiger partial charge in [0.1, 0.15) is 0 Å². The lowest BCUT2D eigenvalue weighted by atomic mass is 10.3. The Bertz CT molecular complexity index is 568. The van der Waals surface area contributed by atoms with E-state index in [0.29, 0.717) is 58.7 Å². The maximum atomic E-state index is 5.74. The van der Waals surface area contributed by atoms with Crippen molar-refractivity contribution in [2.45, 2.75) is 12.8 Å². The first-order valence-corrected chi connectivity index (χ1v) is 9.34. The molecule has 1 aliphatic heterocycles. The number of nitrogens with one attached hydrogen (secondary N) is 2. The summed E-state index contributed by atoms with van der Waals surface area (Å²) in [5, 5.41) is 6.56. The molecule has 1 aromatic rings. The average molecular weight is 381 g/mol. The number of hydrogen-bond acceptors (Lipinski definition) is 6. The third-order valence-electron chi connectivity index (χ3n) is 3.76. The summed E-state index contributed by atoms with van der Waals surface area (Å²) in [4.78, 5) is 4.59. The molecule has 152 valence electrons. The van der Waals surface area contributed by atoms with Gasteiger partial charge in [0.05, 0.1) is 33.0 Å². The van der Waals surface area contributed by atoms with Crippen LogP contribution in [0.3, 0.4) is 0 Å². The zero-order chi connectivity index (χ0) is 19.2. The predicted molar refractivity (Wildman–Crippen MR) is 105 cm³/mol. The molecular formula is C19H31N3O5. The summed E-state index contributed by atoms with van der Waals surface area (Å²) < 4.78 is 26.9. The summed E-state index contributed by atoms with van der Waals surface area (Å²) in [6, 6.07) is 5.80. The maximum absolute atomic E-state index is 5.74. The van der Waals surface area contributed by atoms with Gasteiger partial charge in [0, 0.05) is 52.1 Å². The monoisotopic (exact) mass is 381 g/mol. The second-order valence-electron chi connectivity index (χ2n) is 5.95. The van der Waals surface area contributed by atoms with Crippen LogP contribution in [0.2, 0.25) is 0 Å². The van der Waals surface area contributed by atoms with Gasteiger partial charge in [0.2, 0.25) is 0 Å². The molecule has 8 heteroatoms. The van der Waals surface area contributed by atoms with Gasteiger partial charge >= 0.3 is 0 Å². The van der Waals surface area contributed by atoms with Crippen molar-refractivity contribution in [3.8, 4) is 11.5 Å². The second kappa shape index (κ2) is 13.2. The molecule has 0 spiro atoms. The number of benzene rings is 1. The standard InChI is InChI=1S/C19H31N3O5/c1-23-12-8-21-19(20-7-3-9-25-14-13-24-2)22-16-5-6-17-18(15-16)27-11-4-10-26-17/h5-6,15H,3-4,7-14H2,1-2H3,(H2,20,21,22). The molecule has 0 aliphatic carbocycles. The summed E-state index contributed by atoms with van der Waals surface area (Å²) in [6.07, 6.45) is 1.72. The molecule has 0 unspecified atom stereocenters. The minimum atomic E-state index is 0.599. The van der Waals surface area contributed by atoms with E-state index in [-0.39, 0.29) is 0 Å². The molecule has 0 radical (unpaired) electrons. The highest BCUT2D eigenvalue weighted by Gasteiger charge is 2.11. The lowest BCUT2D eigenvalue weighted by Crippen LogP contribution is -2.33. The zero-order valence-corrected chi connectivity index (χ0v) is 16.3. The molecule has 0 saturated heterocycles. The Morgan fingerprint density at radius 3 is 2.67 bits per heavy atom. The number of nitrogens with zero attached hydrogens (tertiary/aromatic N) is 1. The van der Waals surface area contributed by atoms with Crippen LogP contribution in [0.5, 0.6) is 11.5 Å². The number of ether oxygens (including phenoxy) is 5. The molecule has 0 aromatic heterocycles. The topological polar surface area (TPSA) is 82.6 Å². The first kappa shape index (κ1) is 21.3. The predicted octanol–water partition coefficient (Wildman–Crippen LogP) is 1.90. The number of aliphatic imine (C=N–C) groups is 1. The number of fused-ring (bicyclic) bond motifs is 1. The summed E-state index contributed by atoms with van der Waals surface area (Å²) in [5.74, 6) is 2.22. The Hall–Kier alpha value is -2.03. The van der Waals surface area contributed by atoms with Crippen molar-refractivity contribution >= 4 is 11.6 Å². The van der Waals surface area contributed by atoms with Crippen molar-refractivity contribution in [1.29, 1.82) is 0 Å². The first-order valence-electron chi connectivity index (χ1n) is 9.34. The first-order chi connectivity index (χ1) is 13.3. The maximum Gasteiger partial charge on any atom is 0.195 e. The number of hydrogen-bond donors (Lipinski definition) is 2. The highest BCUT2D eigenvalue weighted by atomic mass is 16.5. The van der Waals surface area contributed by atoms with E-state index < -0.39 is 0 Å². The van der Waals surface area contributed by atoms with Crippen LogP contribution < -0.4 is 20.1 Å². The molecule has 1 aliphatic rings. The van der Waals surface area contributed by atoms with Gasteiger partial charge in [0.25, 0.3) is 0 Å². The van der Waals surface area contributed by atoms with Crippen LogP contribution in [0, 0.1) is 0 Å². The lowest BCUT2D eigenvalue weighted by molar-refractivity contribution is 0.0702. The Morgan fingerprint density at radius 2 is 1.85 bits per heavy atom. The zero-order valence-electron chi connectivity index (χ0n) is 16.3. The lowest BCUT2D eigenvalue weighted by Gasteiger charge is -2.14. The molecule has 1 heterocycles. The van der Waals surface area contributed by atoms with Crippen LogP contribution >= 0.6 is 0 Å². The van der Waals surface area contributed by atoms with Gasteiger partial charge in [-0.1, -0.05) is 0 Å². The van der Waals surface area contributed by atoms with Gasteiger partial charge in [-0.15, -0.1) is 0 Å². The third-order valence-corrected chi connectivity index (χ3v) is 3.76. The normalized spacial score (nSPS) is 13.9. The van der Waals surface area contributed by atoms with E-state index in [2.05, 4.69) is 15.6 Å². The number of guanidine groups is 1. The van der Waals surface area contributed by atoms with Gasteiger partial charge in [-0.05, 0) is 18.6 Å². The summed E-state index contributed by atoms with van der Waals surface area (Å²) in [6.45, 7) is 5.12. The van der Waals surface area contributed by atoms with Gasteiger partial charge in [-0.2, -0.15) is 0 Å². The van der Waals surface area contributed by atoms with Crippen LogP contribution in [-0.2, 0) is 14.2 Å². The Balaban J connectivity index is 1.88. The van der Waals surface area contributed by atoms with Crippen molar-refractivity contribution in [1.82, 2.24) is 5.32 Å². The van der Waals surface area contributed by atoms with Crippen LogP contribution in [-0.4, -0.2) is 72.9 Å². The van der Waals surface area contributed by atoms with E-state index in [1.54, 1.807) is 14.2 Å². The average Bonchev–Trinajstić information content (AvgIpc) is 2.92. The Labute approximate surface area is 161 Å². The van der Waals surface area contributed by atoms with E-state index in [4.69, 9.17) is 23.7 Å². The molecule has 2 rings (SSSR count). The Kier molecular flexibility index (Phi) is 10.4. The third kappa shape index (κ3) is 8.47. The van der Waals surface area contributed by atoms with Crippen molar-refractivity contribution in [3.63, 3.8) is 0 Å². The van der Waals surface area contributed by atoms with Crippen molar-refractivity contribution in [2.24, 2.45) is 4.99 Å².